The molecule has 1 aromatic rings. The third kappa shape index (κ3) is 5.73. The zero-order valence-corrected chi connectivity index (χ0v) is 19.4. The predicted molar refractivity (Wildman–Crippen MR) is 118 cm³/mol. The first-order valence-corrected chi connectivity index (χ1v) is 11.0. The van der Waals surface area contributed by atoms with Gasteiger partial charge in [-0.15, -0.1) is 0 Å². The lowest BCUT2D eigenvalue weighted by Gasteiger charge is -2.41. The van der Waals surface area contributed by atoms with Crippen molar-refractivity contribution in [3.8, 4) is 5.75 Å². The minimum absolute atomic E-state index is 0.00363. The van der Waals surface area contributed by atoms with Gasteiger partial charge in [0.05, 0.1) is 18.9 Å². The number of hydrogen-bond donors (Lipinski definition) is 3. The van der Waals surface area contributed by atoms with E-state index in [4.69, 9.17) is 19.9 Å². The molecule has 3 amide bonds. The summed E-state index contributed by atoms with van der Waals surface area (Å²) < 4.78 is 30.6. The minimum atomic E-state index is -1.19. The smallest absolute Gasteiger partial charge is 0.405 e. The Kier molecular flexibility index (Phi) is 7.16. The Hall–Kier alpha value is -2.88. The summed E-state index contributed by atoms with van der Waals surface area (Å²) in [7, 11) is 0. The number of nitrogens with two attached hydrogens (primary N) is 1. The second-order valence-corrected chi connectivity index (χ2v) is 9.78. The van der Waals surface area contributed by atoms with Gasteiger partial charge in [0, 0.05) is 18.9 Å². The van der Waals surface area contributed by atoms with Crippen molar-refractivity contribution in [3.63, 3.8) is 0 Å². The van der Waals surface area contributed by atoms with Crippen molar-refractivity contribution in [1.82, 2.24) is 5.32 Å². The lowest BCUT2D eigenvalue weighted by atomic mass is 9.78. The number of carbonyl (C=O) groups is 3. The van der Waals surface area contributed by atoms with Crippen LogP contribution >= 0.6 is 0 Å². The Morgan fingerprint density at radius 2 is 2.00 bits per heavy atom. The van der Waals surface area contributed by atoms with Crippen LogP contribution in [0.15, 0.2) is 18.2 Å². The first-order valence-electron chi connectivity index (χ1n) is 11.0. The number of hydrogen-bond acceptors (Lipinski definition) is 6. The zero-order valence-electron chi connectivity index (χ0n) is 19.4. The molecular formula is C23H32FN3O6. The van der Waals surface area contributed by atoms with Crippen molar-refractivity contribution in [2.45, 2.75) is 64.7 Å². The third-order valence-electron chi connectivity index (χ3n) is 6.53. The molecular weight excluding hydrogens is 433 g/mol. The number of benzene rings is 1. The monoisotopic (exact) mass is 465 g/mol. The average Bonchev–Trinajstić information content (AvgIpc) is 2.82. The topological polar surface area (TPSA) is 129 Å². The molecule has 1 fully saturated rings. The van der Waals surface area contributed by atoms with Crippen molar-refractivity contribution in [3.05, 3.63) is 24.0 Å². The van der Waals surface area contributed by atoms with Crippen LogP contribution in [0, 0.1) is 17.2 Å². The maximum Gasteiger partial charge on any atom is 0.405 e. The molecule has 9 nitrogen and oxygen atoms in total. The number of carbonyl (C=O) groups excluding carboxylic acids is 3. The van der Waals surface area contributed by atoms with Crippen molar-refractivity contribution in [2.75, 3.05) is 18.5 Å². The number of ether oxygens (including phenoxy) is 3. The van der Waals surface area contributed by atoms with Crippen molar-refractivity contribution in [1.29, 1.82) is 0 Å². The largest absolute Gasteiger partial charge is 0.482 e. The molecule has 2 aliphatic heterocycles. The highest BCUT2D eigenvalue weighted by Gasteiger charge is 2.50. The van der Waals surface area contributed by atoms with Gasteiger partial charge in [-0.25, -0.2) is 9.18 Å². The molecule has 4 N–H and O–H groups in total. The Morgan fingerprint density at radius 3 is 2.61 bits per heavy atom. The van der Waals surface area contributed by atoms with Crippen molar-refractivity contribution in [2.24, 2.45) is 17.1 Å². The van der Waals surface area contributed by atoms with Crippen LogP contribution in [0.1, 0.15) is 47.0 Å². The van der Waals surface area contributed by atoms with Crippen LogP contribution in [0.25, 0.3) is 0 Å². The summed E-state index contributed by atoms with van der Waals surface area (Å²) in [6.07, 6.45) is -1.47. The number of fused-ring (bicyclic) bond motifs is 1. The summed E-state index contributed by atoms with van der Waals surface area (Å²) in [5, 5.41) is 5.43. The Balaban J connectivity index is 1.90. The van der Waals surface area contributed by atoms with Crippen LogP contribution in [0.2, 0.25) is 0 Å². The first-order chi connectivity index (χ1) is 15.4. The van der Waals surface area contributed by atoms with Gasteiger partial charge in [-0.2, -0.15) is 0 Å². The SMILES string of the molecule is CC(C[C@H](OC(N)=O)C(=O)N[C@@H]1C(=O)Nc2ccc(F)cc2OC12CCOCC2)C(C)(C)C. The second-order valence-electron chi connectivity index (χ2n) is 9.78. The summed E-state index contributed by atoms with van der Waals surface area (Å²) in [6.45, 7) is 8.57. The van der Waals surface area contributed by atoms with Gasteiger partial charge in [-0.05, 0) is 29.9 Å². The van der Waals surface area contributed by atoms with E-state index in [9.17, 15) is 18.8 Å². The van der Waals surface area contributed by atoms with Gasteiger partial charge in [-0.3, -0.25) is 9.59 Å². The number of rotatable bonds is 5. The van der Waals surface area contributed by atoms with E-state index in [1.54, 1.807) is 0 Å². The van der Waals surface area contributed by atoms with E-state index >= 15 is 0 Å². The standard InChI is InChI=1S/C23H32FN3O6/c1-13(22(2,3)4)11-17(32-21(25)30)19(28)27-18-20(29)26-15-6-5-14(24)12-16(15)33-23(18)7-9-31-10-8-23/h5-6,12-13,17-18H,7-11H2,1-4H3,(H2,25,30)(H,26,29)(H,27,28)/t13?,17-,18+/m0/s1. The summed E-state index contributed by atoms with van der Waals surface area (Å²) in [5.41, 5.74) is 4.19. The lowest BCUT2D eigenvalue weighted by molar-refractivity contribution is -0.141. The third-order valence-corrected chi connectivity index (χ3v) is 6.53. The maximum atomic E-state index is 13.9. The second kappa shape index (κ2) is 9.54. The number of amides is 3. The molecule has 2 aliphatic rings. The average molecular weight is 466 g/mol. The zero-order chi connectivity index (χ0) is 24.4. The molecule has 0 aliphatic carbocycles. The van der Waals surface area contributed by atoms with E-state index < -0.39 is 41.5 Å². The van der Waals surface area contributed by atoms with Crippen LogP contribution in [0.4, 0.5) is 14.9 Å². The fraction of sp³-hybridized carbons (Fsp3) is 0.609. The molecule has 1 saturated heterocycles. The molecule has 0 radical (unpaired) electrons. The van der Waals surface area contributed by atoms with Gasteiger partial charge in [0.2, 0.25) is 0 Å². The van der Waals surface area contributed by atoms with Crippen molar-refractivity contribution >= 4 is 23.6 Å². The molecule has 2 heterocycles. The van der Waals surface area contributed by atoms with Crippen LogP contribution in [0.5, 0.6) is 5.75 Å². The molecule has 0 saturated carbocycles. The predicted octanol–water partition coefficient (Wildman–Crippen LogP) is 2.73. The van der Waals surface area contributed by atoms with Crippen LogP contribution < -0.4 is 21.1 Å². The van der Waals surface area contributed by atoms with Gasteiger partial charge >= 0.3 is 6.09 Å². The van der Waals surface area contributed by atoms with E-state index in [0.29, 0.717) is 31.7 Å². The van der Waals surface area contributed by atoms with E-state index in [0.717, 1.165) is 0 Å². The van der Waals surface area contributed by atoms with Crippen molar-refractivity contribution < 1.29 is 33.0 Å². The fourth-order valence-electron chi connectivity index (χ4n) is 3.97. The Morgan fingerprint density at radius 1 is 1.33 bits per heavy atom. The molecule has 182 valence electrons. The number of primary amides is 1. The first kappa shape index (κ1) is 24.8. The molecule has 3 atom stereocenters. The highest BCUT2D eigenvalue weighted by Crippen LogP contribution is 2.39. The lowest BCUT2D eigenvalue weighted by Crippen LogP contribution is -2.63. The van der Waals surface area contributed by atoms with E-state index in [1.165, 1.54) is 18.2 Å². The molecule has 33 heavy (non-hydrogen) atoms. The maximum absolute atomic E-state index is 13.9. The Bertz CT molecular complexity index is 910. The summed E-state index contributed by atoms with van der Waals surface area (Å²) in [6, 6.07) is 2.68. The number of nitrogens with one attached hydrogen (secondary N) is 2. The van der Waals surface area contributed by atoms with Crippen LogP contribution in [-0.4, -0.2) is 48.9 Å². The normalized spacial score (nSPS) is 21.6. The number of halogens is 1. The quantitative estimate of drug-likeness (QED) is 0.613. The van der Waals surface area contributed by atoms with Gasteiger partial charge in [0.1, 0.15) is 23.2 Å². The molecule has 0 bridgehead atoms. The van der Waals surface area contributed by atoms with Gasteiger partial charge in [0.25, 0.3) is 11.8 Å². The van der Waals surface area contributed by atoms with Gasteiger partial charge in [-0.1, -0.05) is 27.7 Å². The highest BCUT2D eigenvalue weighted by molar-refractivity contribution is 6.00. The molecule has 3 rings (SSSR count). The van der Waals surface area contributed by atoms with Crippen LogP contribution in [0.3, 0.4) is 0 Å². The van der Waals surface area contributed by atoms with E-state index in [1.807, 2.05) is 27.7 Å². The highest BCUT2D eigenvalue weighted by atomic mass is 19.1. The molecule has 1 spiro atoms. The molecule has 10 heteroatoms. The van der Waals surface area contributed by atoms with Gasteiger partial charge in [0.15, 0.2) is 6.10 Å². The minimum Gasteiger partial charge on any atom is -0.482 e. The van der Waals surface area contributed by atoms with E-state index in [-0.39, 0.29) is 23.5 Å². The molecule has 1 unspecified atom stereocenters. The summed E-state index contributed by atoms with van der Waals surface area (Å²) in [4.78, 5) is 38.0. The molecule has 0 aromatic heterocycles. The van der Waals surface area contributed by atoms with Gasteiger partial charge < -0.3 is 30.6 Å². The fourth-order valence-corrected chi connectivity index (χ4v) is 3.97. The number of anilines is 1. The Labute approximate surface area is 192 Å². The van der Waals surface area contributed by atoms with Crippen LogP contribution in [-0.2, 0) is 19.1 Å². The van der Waals surface area contributed by atoms with E-state index in [2.05, 4.69) is 10.6 Å². The summed E-state index contributed by atoms with van der Waals surface area (Å²) in [5.74, 6) is -1.52. The summed E-state index contributed by atoms with van der Waals surface area (Å²) >= 11 is 0. The molecule has 1 aromatic carbocycles.